The molecule has 2 aromatic carbocycles. The van der Waals surface area contributed by atoms with Crippen molar-refractivity contribution in [2.75, 3.05) is 0 Å². The van der Waals surface area contributed by atoms with Gasteiger partial charge >= 0.3 is 6.18 Å². The molecule has 110 valence electrons. The van der Waals surface area contributed by atoms with Crippen LogP contribution in [0.3, 0.4) is 0 Å². The summed E-state index contributed by atoms with van der Waals surface area (Å²) in [6, 6.07) is 6.23. The van der Waals surface area contributed by atoms with Gasteiger partial charge in [-0.05, 0) is 24.3 Å². The largest absolute Gasteiger partial charge is 0.419 e. The molecule has 2 aromatic rings. The van der Waals surface area contributed by atoms with Gasteiger partial charge in [0.1, 0.15) is 5.82 Å². The third-order valence-corrected chi connectivity index (χ3v) is 3.36. The van der Waals surface area contributed by atoms with E-state index in [2.05, 4.69) is 0 Å². The van der Waals surface area contributed by atoms with Crippen molar-refractivity contribution in [3.63, 3.8) is 0 Å². The molecule has 0 radical (unpaired) electrons. The standard InChI is InChI=1S/C14H6Cl2F4O/c15-9-2-1-3-10(16)12(9)13(21)7-4-5-8(11(17)6-7)14(18,19)20/h1-6H. The fraction of sp³-hybridized carbons (Fsp3) is 0.0714. The van der Waals surface area contributed by atoms with E-state index in [0.717, 1.165) is 6.07 Å². The highest BCUT2D eigenvalue weighted by Gasteiger charge is 2.34. The summed E-state index contributed by atoms with van der Waals surface area (Å²) in [5.41, 5.74) is -1.79. The first-order chi connectivity index (χ1) is 9.71. The van der Waals surface area contributed by atoms with E-state index < -0.39 is 23.3 Å². The van der Waals surface area contributed by atoms with Gasteiger partial charge in [0.2, 0.25) is 0 Å². The van der Waals surface area contributed by atoms with Gasteiger partial charge in [0, 0.05) is 5.56 Å². The first-order valence-electron chi connectivity index (χ1n) is 5.57. The Balaban J connectivity index is 2.49. The van der Waals surface area contributed by atoms with Crippen molar-refractivity contribution in [2.45, 2.75) is 6.18 Å². The molecule has 0 saturated carbocycles. The van der Waals surface area contributed by atoms with Crippen molar-refractivity contribution >= 4 is 29.0 Å². The van der Waals surface area contributed by atoms with Crippen LogP contribution in [0.1, 0.15) is 21.5 Å². The zero-order chi connectivity index (χ0) is 15.8. The minimum absolute atomic E-state index is 0.0350. The molecule has 0 fully saturated rings. The second kappa shape index (κ2) is 5.66. The minimum Gasteiger partial charge on any atom is -0.288 e. The molecule has 0 amide bonds. The van der Waals surface area contributed by atoms with Gasteiger partial charge in [0.25, 0.3) is 0 Å². The lowest BCUT2D eigenvalue weighted by Crippen LogP contribution is -2.10. The molecule has 0 aliphatic heterocycles. The number of rotatable bonds is 2. The van der Waals surface area contributed by atoms with Crippen LogP contribution >= 0.6 is 23.2 Å². The fourth-order valence-corrected chi connectivity index (χ4v) is 2.31. The number of hydrogen-bond acceptors (Lipinski definition) is 1. The molecule has 7 heteroatoms. The van der Waals surface area contributed by atoms with Crippen molar-refractivity contribution in [1.29, 1.82) is 0 Å². The molecule has 0 aromatic heterocycles. The highest BCUT2D eigenvalue weighted by molar-refractivity contribution is 6.41. The van der Waals surface area contributed by atoms with Crippen LogP contribution in [0.15, 0.2) is 36.4 Å². The Hall–Kier alpha value is -1.59. The van der Waals surface area contributed by atoms with E-state index in [-0.39, 0.29) is 21.2 Å². The number of benzene rings is 2. The summed E-state index contributed by atoms with van der Waals surface area (Å²) in [5.74, 6) is -2.28. The zero-order valence-electron chi connectivity index (χ0n) is 10.1. The quantitative estimate of drug-likeness (QED) is 0.531. The molecule has 0 heterocycles. The topological polar surface area (TPSA) is 17.1 Å². The molecule has 0 aliphatic rings. The Morgan fingerprint density at radius 2 is 1.57 bits per heavy atom. The number of halogens is 6. The van der Waals surface area contributed by atoms with E-state index in [9.17, 15) is 22.4 Å². The molecule has 0 atom stereocenters. The average Bonchev–Trinajstić information content (AvgIpc) is 2.36. The summed E-state index contributed by atoms with van der Waals surface area (Å²) in [6.07, 6.45) is -4.83. The van der Waals surface area contributed by atoms with Crippen molar-refractivity contribution in [1.82, 2.24) is 0 Å². The Morgan fingerprint density at radius 1 is 1.00 bits per heavy atom. The third kappa shape index (κ3) is 3.19. The number of carbonyl (C=O) groups is 1. The number of carbonyl (C=O) groups excluding carboxylic acids is 1. The summed E-state index contributed by atoms with van der Waals surface area (Å²) in [6.45, 7) is 0. The van der Waals surface area contributed by atoms with Gasteiger partial charge < -0.3 is 0 Å². The molecular formula is C14H6Cl2F4O. The van der Waals surface area contributed by atoms with Gasteiger partial charge in [0.15, 0.2) is 5.78 Å². The van der Waals surface area contributed by atoms with Crippen LogP contribution in [0.5, 0.6) is 0 Å². The second-order valence-electron chi connectivity index (χ2n) is 4.12. The number of hydrogen-bond donors (Lipinski definition) is 0. The summed E-state index contributed by atoms with van der Waals surface area (Å²) in [7, 11) is 0. The summed E-state index contributed by atoms with van der Waals surface area (Å²) in [5, 5.41) is 0.0700. The average molecular weight is 337 g/mol. The lowest BCUT2D eigenvalue weighted by molar-refractivity contribution is -0.140. The van der Waals surface area contributed by atoms with Crippen LogP contribution in [0.25, 0.3) is 0 Å². The predicted octanol–water partition coefficient (Wildman–Crippen LogP) is 5.38. The summed E-state index contributed by atoms with van der Waals surface area (Å²) >= 11 is 11.7. The number of alkyl halides is 3. The van der Waals surface area contributed by atoms with Crippen molar-refractivity contribution in [2.24, 2.45) is 0 Å². The van der Waals surface area contributed by atoms with E-state index in [4.69, 9.17) is 23.2 Å². The van der Waals surface area contributed by atoms with E-state index >= 15 is 0 Å². The van der Waals surface area contributed by atoms with Gasteiger partial charge in [-0.1, -0.05) is 35.3 Å². The predicted molar refractivity (Wildman–Crippen MR) is 71.3 cm³/mol. The maximum Gasteiger partial charge on any atom is 0.419 e. The molecule has 0 N–H and O–H groups in total. The lowest BCUT2D eigenvalue weighted by Gasteiger charge is -2.10. The molecule has 0 unspecified atom stereocenters. The van der Waals surface area contributed by atoms with E-state index in [0.29, 0.717) is 12.1 Å². The Kier molecular flexibility index (Phi) is 4.25. The van der Waals surface area contributed by atoms with Gasteiger partial charge in [-0.25, -0.2) is 4.39 Å². The summed E-state index contributed by atoms with van der Waals surface area (Å²) < 4.78 is 50.9. The molecule has 1 nitrogen and oxygen atoms in total. The normalized spacial score (nSPS) is 11.5. The van der Waals surface area contributed by atoms with E-state index in [1.807, 2.05) is 0 Å². The first kappa shape index (κ1) is 15.8. The number of ketones is 1. The van der Waals surface area contributed by atoms with Crippen LogP contribution in [-0.2, 0) is 6.18 Å². The van der Waals surface area contributed by atoms with Gasteiger partial charge in [-0.15, -0.1) is 0 Å². The van der Waals surface area contributed by atoms with Crippen LogP contribution in [0.2, 0.25) is 10.0 Å². The highest BCUT2D eigenvalue weighted by Crippen LogP contribution is 2.33. The lowest BCUT2D eigenvalue weighted by atomic mass is 10.0. The van der Waals surface area contributed by atoms with Gasteiger partial charge in [-0.2, -0.15) is 13.2 Å². The van der Waals surface area contributed by atoms with E-state index in [1.165, 1.54) is 18.2 Å². The second-order valence-corrected chi connectivity index (χ2v) is 4.93. The third-order valence-electron chi connectivity index (χ3n) is 2.73. The van der Waals surface area contributed by atoms with Gasteiger partial charge in [-0.3, -0.25) is 4.79 Å². The van der Waals surface area contributed by atoms with Crippen LogP contribution < -0.4 is 0 Å². The SMILES string of the molecule is O=C(c1ccc(C(F)(F)F)c(F)c1)c1c(Cl)cccc1Cl. The molecule has 0 saturated heterocycles. The van der Waals surface area contributed by atoms with Crippen LogP contribution in [0, 0.1) is 5.82 Å². The fourth-order valence-electron chi connectivity index (χ4n) is 1.75. The van der Waals surface area contributed by atoms with Crippen LogP contribution in [0.4, 0.5) is 17.6 Å². The van der Waals surface area contributed by atoms with Crippen molar-refractivity contribution < 1.29 is 22.4 Å². The smallest absolute Gasteiger partial charge is 0.288 e. The zero-order valence-corrected chi connectivity index (χ0v) is 11.7. The minimum atomic E-state index is -4.83. The first-order valence-corrected chi connectivity index (χ1v) is 6.33. The Labute approximate surface area is 127 Å². The summed E-state index contributed by atoms with van der Waals surface area (Å²) in [4.78, 5) is 12.2. The van der Waals surface area contributed by atoms with Crippen molar-refractivity contribution in [3.05, 3.63) is 69.0 Å². The molecule has 0 bridgehead atoms. The highest BCUT2D eigenvalue weighted by atomic mass is 35.5. The monoisotopic (exact) mass is 336 g/mol. The molecule has 0 spiro atoms. The van der Waals surface area contributed by atoms with E-state index in [1.54, 1.807) is 0 Å². The molecule has 21 heavy (non-hydrogen) atoms. The molecule has 0 aliphatic carbocycles. The molecule has 2 rings (SSSR count). The maximum atomic E-state index is 13.5. The molecular weight excluding hydrogens is 331 g/mol. The Bertz CT molecular complexity index is 690. The maximum absolute atomic E-state index is 13.5. The van der Waals surface area contributed by atoms with Gasteiger partial charge in [0.05, 0.1) is 21.2 Å². The Morgan fingerprint density at radius 3 is 2.05 bits per heavy atom. The van der Waals surface area contributed by atoms with Crippen LogP contribution in [-0.4, -0.2) is 5.78 Å². The van der Waals surface area contributed by atoms with Crippen molar-refractivity contribution in [3.8, 4) is 0 Å².